The van der Waals surface area contributed by atoms with E-state index in [1.54, 1.807) is 18.3 Å². The van der Waals surface area contributed by atoms with Crippen LogP contribution in [-0.2, 0) is 17.6 Å². The number of aryl methyl sites for hydroxylation is 1. The summed E-state index contributed by atoms with van der Waals surface area (Å²) in [4.78, 5) is 32.4. The van der Waals surface area contributed by atoms with Gasteiger partial charge in [-0.1, -0.05) is 24.3 Å². The average molecular weight is 389 g/mol. The van der Waals surface area contributed by atoms with Crippen LogP contribution >= 0.6 is 0 Å². The number of aromatic nitrogens is 4. The van der Waals surface area contributed by atoms with Gasteiger partial charge in [0.2, 0.25) is 5.82 Å². The molecule has 1 amide bonds. The highest BCUT2D eigenvalue weighted by Crippen LogP contribution is 2.36. The summed E-state index contributed by atoms with van der Waals surface area (Å²) in [6.45, 7) is 0.0558. The summed E-state index contributed by atoms with van der Waals surface area (Å²) >= 11 is 0. The zero-order valence-corrected chi connectivity index (χ0v) is 15.6. The number of fused-ring (bicyclic) bond motifs is 2. The van der Waals surface area contributed by atoms with Crippen LogP contribution in [0.1, 0.15) is 45.6 Å². The Kier molecular flexibility index (Phi) is 4.31. The Morgan fingerprint density at radius 1 is 1.17 bits per heavy atom. The van der Waals surface area contributed by atoms with Crippen molar-refractivity contribution < 1.29 is 14.3 Å². The van der Waals surface area contributed by atoms with Crippen LogP contribution in [-0.4, -0.2) is 44.5 Å². The molecule has 29 heavy (non-hydrogen) atoms. The minimum absolute atomic E-state index is 0.0558. The molecule has 2 aromatic heterocycles. The SMILES string of the molecule is O=C(N[C@H]1COc2cccnc2CC1=O)c1nnc([C@H]2CCc3ccccc32)[nH]1. The number of aromatic amines is 1. The molecule has 8 nitrogen and oxygen atoms in total. The van der Waals surface area contributed by atoms with Crippen molar-refractivity contribution in [3.05, 3.63) is 71.1 Å². The van der Waals surface area contributed by atoms with Gasteiger partial charge < -0.3 is 15.0 Å². The predicted octanol–water partition coefficient (Wildman–Crippen LogP) is 1.58. The van der Waals surface area contributed by atoms with Crippen LogP contribution < -0.4 is 10.1 Å². The largest absolute Gasteiger partial charge is 0.489 e. The summed E-state index contributed by atoms with van der Waals surface area (Å²) in [5.74, 6) is 0.802. The second kappa shape index (κ2) is 7.12. The first-order valence-electron chi connectivity index (χ1n) is 9.59. The molecule has 2 atom stereocenters. The number of benzene rings is 1. The van der Waals surface area contributed by atoms with Gasteiger partial charge in [-0.25, -0.2) is 0 Å². The fraction of sp³-hybridized carbons (Fsp3) is 0.286. The minimum Gasteiger partial charge on any atom is -0.489 e. The van der Waals surface area contributed by atoms with Crippen LogP contribution in [0.5, 0.6) is 5.75 Å². The van der Waals surface area contributed by atoms with Gasteiger partial charge in [0.25, 0.3) is 5.91 Å². The molecule has 0 saturated heterocycles. The molecule has 0 unspecified atom stereocenters. The summed E-state index contributed by atoms with van der Waals surface area (Å²) in [6, 6.07) is 11.0. The number of amides is 1. The molecule has 0 bridgehead atoms. The number of pyridine rings is 1. The van der Waals surface area contributed by atoms with E-state index < -0.39 is 11.9 Å². The first-order valence-corrected chi connectivity index (χ1v) is 9.59. The summed E-state index contributed by atoms with van der Waals surface area (Å²) in [5, 5.41) is 10.9. The summed E-state index contributed by atoms with van der Waals surface area (Å²) < 4.78 is 5.65. The van der Waals surface area contributed by atoms with E-state index in [4.69, 9.17) is 4.74 Å². The van der Waals surface area contributed by atoms with E-state index in [-0.39, 0.29) is 30.6 Å². The van der Waals surface area contributed by atoms with Gasteiger partial charge in [-0.15, -0.1) is 10.2 Å². The number of rotatable bonds is 3. The Hall–Kier alpha value is -3.55. The summed E-state index contributed by atoms with van der Waals surface area (Å²) in [6.07, 6.45) is 3.63. The lowest BCUT2D eigenvalue weighted by Crippen LogP contribution is -2.45. The van der Waals surface area contributed by atoms with Gasteiger partial charge in [0.1, 0.15) is 24.2 Å². The van der Waals surface area contributed by atoms with Crippen molar-refractivity contribution >= 4 is 11.7 Å². The number of ether oxygens (including phenoxy) is 1. The van der Waals surface area contributed by atoms with E-state index in [0.717, 1.165) is 12.8 Å². The van der Waals surface area contributed by atoms with Gasteiger partial charge in [-0.2, -0.15) is 0 Å². The number of nitrogens with zero attached hydrogens (tertiary/aromatic N) is 3. The van der Waals surface area contributed by atoms with Gasteiger partial charge in [-0.3, -0.25) is 14.6 Å². The van der Waals surface area contributed by atoms with Crippen LogP contribution in [0.2, 0.25) is 0 Å². The number of H-pyrrole nitrogens is 1. The van der Waals surface area contributed by atoms with Crippen LogP contribution in [0.3, 0.4) is 0 Å². The average Bonchev–Trinajstić information content (AvgIpc) is 3.35. The number of hydrogen-bond donors (Lipinski definition) is 2. The molecule has 0 fully saturated rings. The highest BCUT2D eigenvalue weighted by Gasteiger charge is 2.30. The smallest absolute Gasteiger partial charge is 0.289 e. The molecule has 2 N–H and O–H groups in total. The zero-order valence-electron chi connectivity index (χ0n) is 15.6. The Labute approximate surface area is 166 Å². The van der Waals surface area contributed by atoms with E-state index in [1.807, 2.05) is 12.1 Å². The van der Waals surface area contributed by atoms with Gasteiger partial charge >= 0.3 is 0 Å². The minimum atomic E-state index is -0.766. The lowest BCUT2D eigenvalue weighted by atomic mass is 10.0. The second-order valence-corrected chi connectivity index (χ2v) is 7.28. The first-order chi connectivity index (χ1) is 14.2. The van der Waals surface area contributed by atoms with Crippen molar-refractivity contribution in [3.63, 3.8) is 0 Å². The van der Waals surface area contributed by atoms with Crippen LogP contribution in [0.25, 0.3) is 0 Å². The molecule has 3 aromatic rings. The van der Waals surface area contributed by atoms with Crippen molar-refractivity contribution in [2.45, 2.75) is 31.2 Å². The molecule has 3 heterocycles. The van der Waals surface area contributed by atoms with E-state index in [0.29, 0.717) is 17.3 Å². The van der Waals surface area contributed by atoms with Gasteiger partial charge in [0.05, 0.1) is 12.1 Å². The predicted molar refractivity (Wildman–Crippen MR) is 103 cm³/mol. The van der Waals surface area contributed by atoms with Gasteiger partial charge in [0, 0.05) is 12.1 Å². The van der Waals surface area contributed by atoms with E-state index in [2.05, 4.69) is 37.6 Å². The van der Waals surface area contributed by atoms with Crippen molar-refractivity contribution in [1.29, 1.82) is 0 Å². The van der Waals surface area contributed by atoms with E-state index in [9.17, 15) is 9.59 Å². The Morgan fingerprint density at radius 3 is 3.00 bits per heavy atom. The zero-order chi connectivity index (χ0) is 19.8. The second-order valence-electron chi connectivity index (χ2n) is 7.28. The number of carbonyl (C=O) groups is 2. The quantitative estimate of drug-likeness (QED) is 0.704. The first kappa shape index (κ1) is 17.5. The fourth-order valence-corrected chi connectivity index (χ4v) is 3.97. The molecular weight excluding hydrogens is 370 g/mol. The molecular formula is C21H19N5O3. The number of Topliss-reactive ketones (excluding diaryl/α,β-unsaturated/α-hetero) is 1. The number of ketones is 1. The lowest BCUT2D eigenvalue weighted by Gasteiger charge is -2.14. The molecule has 0 radical (unpaired) electrons. The number of nitrogens with one attached hydrogen (secondary N) is 2. The maximum atomic E-state index is 12.6. The maximum Gasteiger partial charge on any atom is 0.289 e. The third-order valence-electron chi connectivity index (χ3n) is 5.47. The molecule has 8 heteroatoms. The molecule has 0 saturated carbocycles. The lowest BCUT2D eigenvalue weighted by molar-refractivity contribution is -0.120. The molecule has 5 rings (SSSR count). The topological polar surface area (TPSA) is 110 Å². The molecule has 1 aliphatic heterocycles. The summed E-state index contributed by atoms with van der Waals surface area (Å²) in [5.41, 5.74) is 3.10. The number of hydrogen-bond acceptors (Lipinski definition) is 6. The third kappa shape index (κ3) is 3.26. The van der Waals surface area contributed by atoms with Crippen molar-refractivity contribution in [3.8, 4) is 5.75 Å². The monoisotopic (exact) mass is 389 g/mol. The molecule has 0 spiro atoms. The Balaban J connectivity index is 1.30. The fourth-order valence-electron chi connectivity index (χ4n) is 3.97. The maximum absolute atomic E-state index is 12.6. The van der Waals surface area contributed by atoms with E-state index in [1.165, 1.54) is 11.1 Å². The van der Waals surface area contributed by atoms with Crippen LogP contribution in [0.15, 0.2) is 42.6 Å². The van der Waals surface area contributed by atoms with Gasteiger partial charge in [-0.05, 0) is 36.1 Å². The van der Waals surface area contributed by atoms with E-state index >= 15 is 0 Å². The van der Waals surface area contributed by atoms with Gasteiger partial charge in [0.15, 0.2) is 5.78 Å². The highest BCUT2D eigenvalue weighted by atomic mass is 16.5. The molecule has 1 aliphatic carbocycles. The standard InChI is InChI=1S/C21H19N5O3/c27-17-10-15-18(6-3-9-22-15)29-11-16(17)23-21(28)20-24-19(25-26-20)14-8-7-12-4-1-2-5-13(12)14/h1-6,9,14,16H,7-8,10-11H2,(H,23,28)(H,24,25,26)/t14-,16-/m0/s1. The summed E-state index contributed by atoms with van der Waals surface area (Å²) in [7, 11) is 0. The van der Waals surface area contributed by atoms with Crippen LogP contribution in [0, 0.1) is 0 Å². The Bertz CT molecular complexity index is 1090. The number of carbonyl (C=O) groups excluding carboxylic acids is 2. The molecule has 146 valence electrons. The van der Waals surface area contributed by atoms with Crippen molar-refractivity contribution in [2.24, 2.45) is 0 Å². The molecule has 2 aliphatic rings. The van der Waals surface area contributed by atoms with Crippen molar-refractivity contribution in [1.82, 2.24) is 25.5 Å². The van der Waals surface area contributed by atoms with Crippen LogP contribution in [0.4, 0.5) is 0 Å². The van der Waals surface area contributed by atoms with Crippen molar-refractivity contribution in [2.75, 3.05) is 6.61 Å². The normalized spacial score (nSPS) is 20.3. The third-order valence-corrected chi connectivity index (χ3v) is 5.47. The molecule has 1 aromatic carbocycles. The highest BCUT2D eigenvalue weighted by molar-refractivity contribution is 5.96. The Morgan fingerprint density at radius 2 is 2.07 bits per heavy atom.